The van der Waals surface area contributed by atoms with Crippen molar-refractivity contribution in [2.24, 2.45) is 0 Å². The van der Waals surface area contributed by atoms with Crippen molar-refractivity contribution in [1.29, 1.82) is 0 Å². The molecule has 1 saturated heterocycles. The predicted octanol–water partition coefficient (Wildman–Crippen LogP) is 3.75. The zero-order valence-electron chi connectivity index (χ0n) is 15.1. The first kappa shape index (κ1) is 20.7. The van der Waals surface area contributed by atoms with Crippen molar-refractivity contribution < 1.29 is 19.6 Å². The number of likely N-dealkylation sites (tertiary alicyclic amines) is 1. The molecule has 1 aromatic rings. The maximum absolute atomic E-state index is 13.1. The Balaban J connectivity index is 2.38. The van der Waals surface area contributed by atoms with Crippen molar-refractivity contribution in [3.8, 4) is 11.5 Å². The number of benzene rings is 1. The zero-order chi connectivity index (χ0) is 19.3. The van der Waals surface area contributed by atoms with Crippen LogP contribution >= 0.6 is 23.5 Å². The Labute approximate surface area is 161 Å². The van der Waals surface area contributed by atoms with Gasteiger partial charge in [-0.25, -0.2) is 0 Å². The molecule has 1 amide bonds. The van der Waals surface area contributed by atoms with Gasteiger partial charge >= 0.3 is 0 Å². The minimum absolute atomic E-state index is 0.0387. The molecular formula is C17H24N2O5S2. The van der Waals surface area contributed by atoms with E-state index in [4.69, 9.17) is 4.74 Å². The molecule has 1 aliphatic rings. The van der Waals surface area contributed by atoms with Crippen LogP contribution in [0.4, 0.5) is 5.69 Å². The molecule has 0 saturated carbocycles. The van der Waals surface area contributed by atoms with Crippen molar-refractivity contribution in [3.63, 3.8) is 0 Å². The summed E-state index contributed by atoms with van der Waals surface area (Å²) < 4.78 is 5.28. The molecule has 1 atom stereocenters. The summed E-state index contributed by atoms with van der Waals surface area (Å²) >= 11 is 3.61. The third kappa shape index (κ3) is 4.37. The number of nitro groups is 1. The number of carbonyl (C=O) groups excluding carboxylic acids is 1. The van der Waals surface area contributed by atoms with Crippen LogP contribution in [0.1, 0.15) is 37.0 Å². The molecule has 9 heteroatoms. The van der Waals surface area contributed by atoms with E-state index >= 15 is 0 Å². The van der Waals surface area contributed by atoms with Crippen molar-refractivity contribution in [3.05, 3.63) is 27.8 Å². The molecule has 144 valence electrons. The van der Waals surface area contributed by atoms with E-state index in [1.54, 1.807) is 28.4 Å². The van der Waals surface area contributed by atoms with Gasteiger partial charge in [0.25, 0.3) is 11.6 Å². The zero-order valence-corrected chi connectivity index (χ0v) is 16.8. The number of ether oxygens (including phenoxy) is 1. The lowest BCUT2D eigenvalue weighted by Crippen LogP contribution is -2.41. The first-order valence-electron chi connectivity index (χ1n) is 8.54. The highest BCUT2D eigenvalue weighted by molar-refractivity contribution is 8.17. The molecule has 0 aliphatic carbocycles. The lowest BCUT2D eigenvalue weighted by molar-refractivity contribution is -0.385. The second-order valence-corrected chi connectivity index (χ2v) is 8.92. The number of hydrogen-bond acceptors (Lipinski definition) is 7. The van der Waals surface area contributed by atoms with Gasteiger partial charge in [-0.2, -0.15) is 0 Å². The molecular weight excluding hydrogens is 376 g/mol. The van der Waals surface area contributed by atoms with E-state index in [9.17, 15) is 20.0 Å². The maximum Gasteiger partial charge on any atom is 0.286 e. The van der Waals surface area contributed by atoms with Crippen LogP contribution in [0.3, 0.4) is 0 Å². The van der Waals surface area contributed by atoms with Gasteiger partial charge in [0.15, 0.2) is 11.5 Å². The van der Waals surface area contributed by atoms with E-state index in [1.807, 2.05) is 0 Å². The number of rotatable bonds is 8. The van der Waals surface area contributed by atoms with Crippen molar-refractivity contribution in [2.75, 3.05) is 25.2 Å². The SMILES string of the molecule is CCSC(SCC)[C@H]1CCCN1C(=O)c1cc(OC)c(O)cc1[N+](=O)[O-]. The molecule has 0 bridgehead atoms. The quantitative estimate of drug-likeness (QED) is 0.403. The number of hydrogen-bond donors (Lipinski definition) is 1. The molecule has 26 heavy (non-hydrogen) atoms. The van der Waals surface area contributed by atoms with Gasteiger partial charge in [-0.1, -0.05) is 13.8 Å². The average Bonchev–Trinajstić information content (AvgIpc) is 3.10. The molecule has 1 aromatic carbocycles. The Bertz CT molecular complexity index is 665. The monoisotopic (exact) mass is 400 g/mol. The van der Waals surface area contributed by atoms with Gasteiger partial charge in [0.1, 0.15) is 5.56 Å². The van der Waals surface area contributed by atoms with Crippen LogP contribution in [-0.2, 0) is 0 Å². The van der Waals surface area contributed by atoms with Gasteiger partial charge in [0.2, 0.25) is 0 Å². The van der Waals surface area contributed by atoms with E-state index in [2.05, 4.69) is 13.8 Å². The smallest absolute Gasteiger partial charge is 0.286 e. The summed E-state index contributed by atoms with van der Waals surface area (Å²) in [6.07, 6.45) is 1.77. The molecule has 7 nitrogen and oxygen atoms in total. The molecule has 1 aliphatic heterocycles. The van der Waals surface area contributed by atoms with Gasteiger partial charge in [0.05, 0.1) is 28.7 Å². The fourth-order valence-corrected chi connectivity index (χ4v) is 5.99. The molecule has 0 spiro atoms. The minimum Gasteiger partial charge on any atom is -0.504 e. The lowest BCUT2D eigenvalue weighted by atomic mass is 10.1. The highest BCUT2D eigenvalue weighted by Crippen LogP contribution is 2.38. The second kappa shape index (κ2) is 9.36. The molecule has 0 radical (unpaired) electrons. The highest BCUT2D eigenvalue weighted by Gasteiger charge is 2.38. The van der Waals surface area contributed by atoms with Crippen LogP contribution in [0.2, 0.25) is 0 Å². The fourth-order valence-electron chi connectivity index (χ4n) is 3.12. The third-order valence-electron chi connectivity index (χ3n) is 4.26. The number of methoxy groups -OCH3 is 1. The number of phenolic OH excluding ortho intramolecular Hbond substituents is 1. The van der Waals surface area contributed by atoms with Crippen LogP contribution in [0, 0.1) is 10.1 Å². The number of aromatic hydroxyl groups is 1. The number of nitro benzene ring substituents is 1. The molecule has 2 rings (SSSR count). The Hall–Kier alpha value is -1.61. The van der Waals surface area contributed by atoms with Gasteiger partial charge in [-0.15, -0.1) is 23.5 Å². The van der Waals surface area contributed by atoms with Crippen molar-refractivity contribution in [2.45, 2.75) is 37.3 Å². The minimum atomic E-state index is -0.642. The average molecular weight is 401 g/mol. The number of phenols is 1. The molecule has 0 unspecified atom stereocenters. The highest BCUT2D eigenvalue weighted by atomic mass is 32.2. The summed E-state index contributed by atoms with van der Waals surface area (Å²) in [4.78, 5) is 25.6. The predicted molar refractivity (Wildman–Crippen MR) is 105 cm³/mol. The van der Waals surface area contributed by atoms with Gasteiger partial charge in [-0.3, -0.25) is 14.9 Å². The van der Waals surface area contributed by atoms with E-state index < -0.39 is 10.6 Å². The summed E-state index contributed by atoms with van der Waals surface area (Å²) in [5.74, 6) is 1.22. The van der Waals surface area contributed by atoms with Crippen molar-refractivity contribution in [1.82, 2.24) is 4.90 Å². The topological polar surface area (TPSA) is 92.9 Å². The first-order valence-corrected chi connectivity index (χ1v) is 10.6. The third-order valence-corrected chi connectivity index (χ3v) is 7.03. The summed E-state index contributed by atoms with van der Waals surface area (Å²) in [5, 5.41) is 21.2. The lowest BCUT2D eigenvalue weighted by Gasteiger charge is -2.31. The summed E-state index contributed by atoms with van der Waals surface area (Å²) in [7, 11) is 1.35. The van der Waals surface area contributed by atoms with Crippen LogP contribution in [0.25, 0.3) is 0 Å². The van der Waals surface area contributed by atoms with Crippen LogP contribution < -0.4 is 4.74 Å². The van der Waals surface area contributed by atoms with Crippen LogP contribution in [0.5, 0.6) is 11.5 Å². The van der Waals surface area contributed by atoms with Crippen LogP contribution in [0.15, 0.2) is 12.1 Å². The Morgan fingerprint density at radius 1 is 1.42 bits per heavy atom. The standard InChI is InChI=1S/C17H24N2O5S2/c1-4-25-17(26-5-2)12-7-6-8-18(12)16(21)11-9-15(24-3)14(20)10-13(11)19(22)23/h9-10,12,17,20H,4-8H2,1-3H3/t12-/m1/s1. The summed E-state index contributed by atoms with van der Waals surface area (Å²) in [6.45, 7) is 4.75. The molecule has 1 heterocycles. The van der Waals surface area contributed by atoms with Gasteiger partial charge in [0, 0.05) is 12.6 Å². The van der Waals surface area contributed by atoms with E-state index in [0.717, 1.165) is 30.4 Å². The van der Waals surface area contributed by atoms with Gasteiger partial charge in [-0.05, 0) is 24.3 Å². The molecule has 1 fully saturated rings. The Morgan fingerprint density at radius 3 is 2.62 bits per heavy atom. The number of carbonyl (C=O) groups is 1. The maximum atomic E-state index is 13.1. The van der Waals surface area contributed by atoms with E-state index in [-0.39, 0.29) is 33.6 Å². The molecule has 0 aromatic heterocycles. The van der Waals surface area contributed by atoms with E-state index in [0.29, 0.717) is 6.54 Å². The first-order chi connectivity index (χ1) is 12.4. The number of amides is 1. The number of thioether (sulfide) groups is 2. The van der Waals surface area contributed by atoms with Gasteiger partial charge < -0.3 is 14.7 Å². The van der Waals surface area contributed by atoms with E-state index in [1.165, 1.54) is 13.2 Å². The normalized spacial score (nSPS) is 16.9. The largest absolute Gasteiger partial charge is 0.504 e. The Morgan fingerprint density at radius 2 is 2.08 bits per heavy atom. The second-order valence-electron chi connectivity index (χ2n) is 5.79. The Kier molecular flexibility index (Phi) is 7.45. The van der Waals surface area contributed by atoms with Crippen molar-refractivity contribution >= 4 is 35.1 Å². The fraction of sp³-hybridized carbons (Fsp3) is 0.588. The summed E-state index contributed by atoms with van der Waals surface area (Å²) in [6, 6.07) is 2.29. The van der Waals surface area contributed by atoms with Crippen LogP contribution in [-0.4, -0.2) is 56.6 Å². The number of nitrogens with zero attached hydrogens (tertiary/aromatic N) is 2. The molecule has 1 N–H and O–H groups in total. The summed E-state index contributed by atoms with van der Waals surface area (Å²) in [5.41, 5.74) is -0.444.